The van der Waals surface area contributed by atoms with Gasteiger partial charge in [-0.15, -0.1) is 0 Å². The van der Waals surface area contributed by atoms with E-state index in [0.29, 0.717) is 6.42 Å². The van der Waals surface area contributed by atoms with Crippen molar-refractivity contribution in [3.8, 4) is 6.07 Å². The Kier molecular flexibility index (Phi) is 5.29. The van der Waals surface area contributed by atoms with Crippen molar-refractivity contribution in [1.82, 2.24) is 15.5 Å². The molecule has 0 bridgehead atoms. The fraction of sp³-hybridized carbons (Fsp3) is 0.500. The summed E-state index contributed by atoms with van der Waals surface area (Å²) >= 11 is 0. The van der Waals surface area contributed by atoms with Crippen molar-refractivity contribution >= 4 is 0 Å². The van der Waals surface area contributed by atoms with E-state index in [2.05, 4.69) is 21.6 Å². The minimum atomic E-state index is 0.646. The second-order valence-corrected chi connectivity index (χ2v) is 3.01. The topological polar surface area (TPSA) is 61.6 Å². The van der Waals surface area contributed by atoms with Crippen LogP contribution in [0.25, 0.3) is 0 Å². The normalized spacial score (nSPS) is 9.64. The molecule has 0 saturated carbocycles. The van der Waals surface area contributed by atoms with Crippen LogP contribution in [0.4, 0.5) is 0 Å². The molecule has 0 fully saturated rings. The minimum Gasteiger partial charge on any atom is -0.311 e. The van der Waals surface area contributed by atoms with E-state index in [1.54, 1.807) is 6.20 Å². The molecule has 1 aromatic heterocycles. The maximum atomic E-state index is 8.31. The van der Waals surface area contributed by atoms with Crippen LogP contribution >= 0.6 is 0 Å². The predicted octanol–water partition coefficient (Wildman–Crippen LogP) is 1.26. The summed E-state index contributed by atoms with van der Waals surface area (Å²) in [6.07, 6.45) is 4.31. The molecule has 1 heterocycles. The Morgan fingerprint density at radius 2 is 2.36 bits per heavy atom. The van der Waals surface area contributed by atoms with Crippen LogP contribution in [-0.2, 0) is 6.54 Å². The predicted molar refractivity (Wildman–Crippen MR) is 53.2 cm³/mol. The van der Waals surface area contributed by atoms with Crippen molar-refractivity contribution in [2.75, 3.05) is 6.54 Å². The van der Waals surface area contributed by atoms with Gasteiger partial charge in [0.1, 0.15) is 0 Å². The summed E-state index contributed by atoms with van der Waals surface area (Å²) in [5, 5.41) is 19.3. The average molecular weight is 190 g/mol. The van der Waals surface area contributed by atoms with Crippen LogP contribution in [0.2, 0.25) is 0 Å². The third kappa shape index (κ3) is 4.53. The number of rotatable bonds is 6. The third-order valence-electron chi connectivity index (χ3n) is 1.83. The number of aromatic nitrogens is 2. The lowest BCUT2D eigenvalue weighted by molar-refractivity contribution is 0.617. The number of nitriles is 1. The maximum absolute atomic E-state index is 8.31. The molecule has 1 aromatic rings. The molecule has 4 nitrogen and oxygen atoms in total. The van der Waals surface area contributed by atoms with E-state index >= 15 is 0 Å². The van der Waals surface area contributed by atoms with Crippen LogP contribution in [0.1, 0.15) is 25.0 Å². The van der Waals surface area contributed by atoms with Crippen molar-refractivity contribution in [3.05, 3.63) is 24.0 Å². The average Bonchev–Trinajstić information content (AvgIpc) is 2.25. The lowest BCUT2D eigenvalue weighted by Crippen LogP contribution is -2.15. The number of hydrogen-bond donors (Lipinski definition) is 1. The van der Waals surface area contributed by atoms with Crippen molar-refractivity contribution < 1.29 is 0 Å². The molecule has 74 valence electrons. The van der Waals surface area contributed by atoms with Gasteiger partial charge < -0.3 is 5.32 Å². The molecule has 0 unspecified atom stereocenters. The monoisotopic (exact) mass is 190 g/mol. The minimum absolute atomic E-state index is 0.646. The summed E-state index contributed by atoms with van der Waals surface area (Å²) in [7, 11) is 0. The molecule has 1 N–H and O–H groups in total. The molecule has 0 spiro atoms. The molecule has 4 heteroatoms. The molecule has 0 radical (unpaired) electrons. The molecule has 0 aliphatic rings. The molecular formula is C10H14N4. The first-order chi connectivity index (χ1) is 6.93. The Hall–Kier alpha value is -1.47. The summed E-state index contributed by atoms with van der Waals surface area (Å²) in [5.41, 5.74) is 0.952. The first kappa shape index (κ1) is 10.6. The summed E-state index contributed by atoms with van der Waals surface area (Å²) in [5.74, 6) is 0. The lowest BCUT2D eigenvalue weighted by atomic mass is 10.2. The van der Waals surface area contributed by atoms with E-state index in [9.17, 15) is 0 Å². The molecule has 0 aliphatic carbocycles. The fourth-order valence-corrected chi connectivity index (χ4v) is 1.10. The largest absolute Gasteiger partial charge is 0.311 e. The van der Waals surface area contributed by atoms with Crippen LogP contribution < -0.4 is 5.32 Å². The zero-order valence-electron chi connectivity index (χ0n) is 8.11. The maximum Gasteiger partial charge on any atom is 0.0768 e. The van der Waals surface area contributed by atoms with Crippen molar-refractivity contribution in [2.24, 2.45) is 0 Å². The highest BCUT2D eigenvalue weighted by Crippen LogP contribution is 1.93. The van der Waals surface area contributed by atoms with Gasteiger partial charge in [0.05, 0.1) is 11.8 Å². The summed E-state index contributed by atoms with van der Waals surface area (Å²) in [6, 6.07) is 5.94. The molecule has 14 heavy (non-hydrogen) atoms. The van der Waals surface area contributed by atoms with E-state index < -0.39 is 0 Å². The van der Waals surface area contributed by atoms with E-state index in [-0.39, 0.29) is 0 Å². The van der Waals surface area contributed by atoms with Gasteiger partial charge in [-0.05, 0) is 31.5 Å². The molecule has 0 saturated heterocycles. The van der Waals surface area contributed by atoms with Gasteiger partial charge in [0.2, 0.25) is 0 Å². The Labute approximate surface area is 84.0 Å². The Bertz CT molecular complexity index is 278. The van der Waals surface area contributed by atoms with E-state index in [0.717, 1.165) is 31.6 Å². The Morgan fingerprint density at radius 1 is 1.43 bits per heavy atom. The van der Waals surface area contributed by atoms with Crippen molar-refractivity contribution in [2.45, 2.75) is 25.8 Å². The Balaban J connectivity index is 2.03. The van der Waals surface area contributed by atoms with Crippen LogP contribution in [0.5, 0.6) is 0 Å². The summed E-state index contributed by atoms with van der Waals surface area (Å²) in [6.45, 7) is 1.68. The zero-order valence-corrected chi connectivity index (χ0v) is 8.11. The van der Waals surface area contributed by atoms with Crippen LogP contribution in [0.15, 0.2) is 18.3 Å². The molecule has 0 aliphatic heterocycles. The SMILES string of the molecule is N#CCCCCNCc1cccnn1. The van der Waals surface area contributed by atoms with Gasteiger partial charge in [0.25, 0.3) is 0 Å². The number of nitrogens with one attached hydrogen (secondary N) is 1. The van der Waals surface area contributed by atoms with Crippen LogP contribution in [0, 0.1) is 11.3 Å². The van der Waals surface area contributed by atoms with Crippen molar-refractivity contribution in [1.29, 1.82) is 5.26 Å². The third-order valence-corrected chi connectivity index (χ3v) is 1.83. The number of unbranched alkanes of at least 4 members (excludes halogenated alkanes) is 2. The zero-order chi connectivity index (χ0) is 10.1. The number of nitrogens with zero attached hydrogens (tertiary/aromatic N) is 3. The standard InChI is InChI=1S/C10H14N4/c11-6-2-1-3-7-12-9-10-5-4-8-13-14-10/h4-5,8,12H,1-3,7,9H2. The van der Waals surface area contributed by atoms with Gasteiger partial charge in [0.15, 0.2) is 0 Å². The molecule has 0 amide bonds. The molecular weight excluding hydrogens is 176 g/mol. The quantitative estimate of drug-likeness (QED) is 0.686. The first-order valence-electron chi connectivity index (χ1n) is 4.77. The summed E-state index contributed by atoms with van der Waals surface area (Å²) < 4.78 is 0. The van der Waals surface area contributed by atoms with Gasteiger partial charge >= 0.3 is 0 Å². The Morgan fingerprint density at radius 3 is 3.07 bits per heavy atom. The van der Waals surface area contributed by atoms with E-state index in [4.69, 9.17) is 5.26 Å². The second kappa shape index (κ2) is 6.98. The highest BCUT2D eigenvalue weighted by atomic mass is 15.1. The van der Waals surface area contributed by atoms with Gasteiger partial charge in [-0.25, -0.2) is 0 Å². The van der Waals surface area contributed by atoms with Gasteiger partial charge in [-0.1, -0.05) is 0 Å². The first-order valence-corrected chi connectivity index (χ1v) is 4.77. The smallest absolute Gasteiger partial charge is 0.0768 e. The van der Waals surface area contributed by atoms with Gasteiger partial charge in [0, 0.05) is 19.2 Å². The highest BCUT2D eigenvalue weighted by molar-refractivity contribution is 4.98. The highest BCUT2D eigenvalue weighted by Gasteiger charge is 1.92. The van der Waals surface area contributed by atoms with E-state index in [1.165, 1.54) is 0 Å². The van der Waals surface area contributed by atoms with Gasteiger partial charge in [-0.3, -0.25) is 0 Å². The summed E-state index contributed by atoms with van der Waals surface area (Å²) in [4.78, 5) is 0. The molecule has 1 rings (SSSR count). The fourth-order valence-electron chi connectivity index (χ4n) is 1.10. The lowest BCUT2D eigenvalue weighted by Gasteiger charge is -2.01. The second-order valence-electron chi connectivity index (χ2n) is 3.01. The van der Waals surface area contributed by atoms with E-state index in [1.807, 2.05) is 12.1 Å². The molecule has 0 atom stereocenters. The van der Waals surface area contributed by atoms with Crippen LogP contribution in [-0.4, -0.2) is 16.7 Å². The molecule has 0 aromatic carbocycles. The number of hydrogen-bond acceptors (Lipinski definition) is 4. The van der Waals surface area contributed by atoms with Crippen LogP contribution in [0.3, 0.4) is 0 Å². The van der Waals surface area contributed by atoms with Crippen molar-refractivity contribution in [3.63, 3.8) is 0 Å². The van der Waals surface area contributed by atoms with Gasteiger partial charge in [-0.2, -0.15) is 15.5 Å².